The summed E-state index contributed by atoms with van der Waals surface area (Å²) in [7, 11) is 0. The van der Waals surface area contributed by atoms with Crippen molar-refractivity contribution in [3.8, 4) is 0 Å². The Morgan fingerprint density at radius 1 is 1.26 bits per heavy atom. The molecule has 1 aliphatic heterocycles. The zero-order valence-corrected chi connectivity index (χ0v) is 14.9. The fourth-order valence-electron chi connectivity index (χ4n) is 2.84. The van der Waals surface area contributed by atoms with Gasteiger partial charge in [-0.25, -0.2) is 4.98 Å². The van der Waals surface area contributed by atoms with Gasteiger partial charge in [-0.15, -0.1) is 0 Å². The van der Waals surface area contributed by atoms with Gasteiger partial charge in [0.1, 0.15) is 0 Å². The fraction of sp³-hybridized carbons (Fsp3) is 0.556. The van der Waals surface area contributed by atoms with Crippen LogP contribution in [0.2, 0.25) is 0 Å². The number of rotatable bonds is 4. The highest BCUT2D eigenvalue weighted by Crippen LogP contribution is 2.31. The molecule has 0 unspecified atom stereocenters. The number of hydrogen-bond acceptors (Lipinski definition) is 4. The molecule has 124 valence electrons. The summed E-state index contributed by atoms with van der Waals surface area (Å²) in [5.74, 6) is 0.832. The monoisotopic (exact) mass is 331 g/mol. The van der Waals surface area contributed by atoms with Crippen molar-refractivity contribution in [2.45, 2.75) is 39.7 Å². The van der Waals surface area contributed by atoms with E-state index in [4.69, 9.17) is 4.98 Å². The third kappa shape index (κ3) is 3.66. The molecule has 3 rings (SSSR count). The largest absolute Gasteiger partial charge is 0.353 e. The SMILES string of the molecule is CC(C)[C@@H](C)NC(=O)C1CCN(c2nc3ccccc3s2)CC1. The molecule has 0 spiro atoms. The van der Waals surface area contributed by atoms with Crippen LogP contribution in [0.25, 0.3) is 10.2 Å². The van der Waals surface area contributed by atoms with E-state index in [1.807, 2.05) is 6.07 Å². The zero-order chi connectivity index (χ0) is 16.4. The maximum absolute atomic E-state index is 12.4. The van der Waals surface area contributed by atoms with Crippen molar-refractivity contribution in [1.82, 2.24) is 10.3 Å². The Labute approximate surface area is 141 Å². The van der Waals surface area contributed by atoms with Crippen LogP contribution in [0.5, 0.6) is 0 Å². The molecule has 0 radical (unpaired) electrons. The van der Waals surface area contributed by atoms with Crippen molar-refractivity contribution in [3.63, 3.8) is 0 Å². The summed E-state index contributed by atoms with van der Waals surface area (Å²) in [4.78, 5) is 19.4. The van der Waals surface area contributed by atoms with Gasteiger partial charge in [-0.3, -0.25) is 4.79 Å². The minimum atomic E-state index is 0.141. The molecule has 23 heavy (non-hydrogen) atoms. The second-order valence-electron chi connectivity index (χ2n) is 6.77. The van der Waals surface area contributed by atoms with Crippen molar-refractivity contribution in [2.75, 3.05) is 18.0 Å². The van der Waals surface area contributed by atoms with Crippen LogP contribution < -0.4 is 10.2 Å². The van der Waals surface area contributed by atoms with E-state index in [9.17, 15) is 4.79 Å². The van der Waals surface area contributed by atoms with Gasteiger partial charge in [-0.05, 0) is 37.8 Å². The highest BCUT2D eigenvalue weighted by Gasteiger charge is 2.27. The number of para-hydroxylation sites is 1. The number of benzene rings is 1. The predicted octanol–water partition coefficient (Wildman–Crippen LogP) is 3.67. The molecule has 1 atom stereocenters. The molecule has 5 heteroatoms. The molecule has 4 nitrogen and oxygen atoms in total. The number of nitrogens with zero attached hydrogens (tertiary/aromatic N) is 2. The summed E-state index contributed by atoms with van der Waals surface area (Å²) < 4.78 is 1.23. The van der Waals surface area contributed by atoms with Gasteiger partial charge in [-0.1, -0.05) is 37.3 Å². The summed E-state index contributed by atoms with van der Waals surface area (Å²) in [6.07, 6.45) is 1.82. The first-order valence-corrected chi connectivity index (χ1v) is 9.27. The Bertz CT molecular complexity index is 641. The van der Waals surface area contributed by atoms with Crippen LogP contribution in [0.1, 0.15) is 33.6 Å². The molecular formula is C18H25N3OS. The number of piperidine rings is 1. The number of nitrogens with one attached hydrogen (secondary N) is 1. The number of aromatic nitrogens is 1. The van der Waals surface area contributed by atoms with Crippen LogP contribution in [-0.2, 0) is 4.79 Å². The van der Waals surface area contributed by atoms with E-state index in [0.29, 0.717) is 5.92 Å². The minimum Gasteiger partial charge on any atom is -0.353 e. The van der Waals surface area contributed by atoms with Crippen molar-refractivity contribution >= 4 is 32.6 Å². The first kappa shape index (κ1) is 16.2. The number of thiazole rings is 1. The van der Waals surface area contributed by atoms with E-state index in [1.54, 1.807) is 11.3 Å². The lowest BCUT2D eigenvalue weighted by atomic mass is 9.95. The maximum Gasteiger partial charge on any atom is 0.223 e. The van der Waals surface area contributed by atoms with Crippen molar-refractivity contribution in [1.29, 1.82) is 0 Å². The quantitative estimate of drug-likeness (QED) is 0.929. The summed E-state index contributed by atoms with van der Waals surface area (Å²) >= 11 is 1.74. The third-order valence-corrected chi connectivity index (χ3v) is 5.89. The van der Waals surface area contributed by atoms with Gasteiger partial charge in [0, 0.05) is 25.0 Å². The van der Waals surface area contributed by atoms with Crippen LogP contribution in [0.3, 0.4) is 0 Å². The molecule has 1 aromatic heterocycles. The summed E-state index contributed by atoms with van der Waals surface area (Å²) in [5, 5.41) is 4.24. The van der Waals surface area contributed by atoms with Crippen molar-refractivity contribution in [3.05, 3.63) is 24.3 Å². The standard InChI is InChI=1S/C18H25N3OS/c1-12(2)13(3)19-17(22)14-8-10-21(11-9-14)18-20-15-6-4-5-7-16(15)23-18/h4-7,12-14H,8-11H2,1-3H3,(H,19,22)/t13-/m1/s1. The molecule has 1 saturated heterocycles. The number of hydrogen-bond donors (Lipinski definition) is 1. The highest BCUT2D eigenvalue weighted by atomic mass is 32.1. The lowest BCUT2D eigenvalue weighted by Crippen LogP contribution is -2.44. The van der Waals surface area contributed by atoms with Crippen LogP contribution in [-0.4, -0.2) is 30.0 Å². The second-order valence-corrected chi connectivity index (χ2v) is 7.78. The topological polar surface area (TPSA) is 45.2 Å². The Morgan fingerprint density at radius 2 is 1.96 bits per heavy atom. The van der Waals surface area contributed by atoms with E-state index in [-0.39, 0.29) is 17.9 Å². The Morgan fingerprint density at radius 3 is 2.61 bits per heavy atom. The summed E-state index contributed by atoms with van der Waals surface area (Å²) in [6.45, 7) is 8.18. The number of carbonyl (C=O) groups excluding carboxylic acids is 1. The Balaban J connectivity index is 1.58. The van der Waals surface area contributed by atoms with Crippen LogP contribution in [0.15, 0.2) is 24.3 Å². The molecule has 1 fully saturated rings. The van der Waals surface area contributed by atoms with Gasteiger partial charge in [0.05, 0.1) is 10.2 Å². The first-order valence-electron chi connectivity index (χ1n) is 8.45. The zero-order valence-electron chi connectivity index (χ0n) is 14.1. The smallest absolute Gasteiger partial charge is 0.223 e. The van der Waals surface area contributed by atoms with Crippen molar-refractivity contribution < 1.29 is 4.79 Å². The van der Waals surface area contributed by atoms with Gasteiger partial charge in [0.15, 0.2) is 5.13 Å². The summed E-state index contributed by atoms with van der Waals surface area (Å²) in [5.41, 5.74) is 1.07. The van der Waals surface area contributed by atoms with Gasteiger partial charge >= 0.3 is 0 Å². The number of carbonyl (C=O) groups is 1. The average Bonchev–Trinajstić information content (AvgIpc) is 2.98. The predicted molar refractivity (Wildman–Crippen MR) is 97.0 cm³/mol. The fourth-order valence-corrected chi connectivity index (χ4v) is 3.85. The van der Waals surface area contributed by atoms with Crippen LogP contribution in [0, 0.1) is 11.8 Å². The molecule has 1 aliphatic rings. The van der Waals surface area contributed by atoms with Crippen LogP contribution >= 0.6 is 11.3 Å². The van der Waals surface area contributed by atoms with Crippen LogP contribution in [0.4, 0.5) is 5.13 Å². The normalized spacial score (nSPS) is 17.7. The highest BCUT2D eigenvalue weighted by molar-refractivity contribution is 7.22. The molecule has 0 saturated carbocycles. The first-order chi connectivity index (χ1) is 11.0. The third-order valence-electron chi connectivity index (χ3n) is 4.79. The lowest BCUT2D eigenvalue weighted by molar-refractivity contribution is -0.126. The second kappa shape index (κ2) is 6.87. The van der Waals surface area contributed by atoms with Gasteiger partial charge in [-0.2, -0.15) is 0 Å². The number of amides is 1. The van der Waals surface area contributed by atoms with Gasteiger partial charge < -0.3 is 10.2 Å². The van der Waals surface area contributed by atoms with Gasteiger partial charge in [0.25, 0.3) is 0 Å². The van der Waals surface area contributed by atoms with Crippen molar-refractivity contribution in [2.24, 2.45) is 11.8 Å². The van der Waals surface area contributed by atoms with E-state index < -0.39 is 0 Å². The molecule has 2 heterocycles. The van der Waals surface area contributed by atoms with E-state index in [0.717, 1.165) is 36.6 Å². The molecule has 0 aliphatic carbocycles. The molecular weight excluding hydrogens is 306 g/mol. The molecule has 1 N–H and O–H groups in total. The number of anilines is 1. The van der Waals surface area contributed by atoms with E-state index >= 15 is 0 Å². The molecule has 1 amide bonds. The average molecular weight is 331 g/mol. The molecule has 1 aromatic carbocycles. The summed E-state index contributed by atoms with van der Waals surface area (Å²) in [6, 6.07) is 8.49. The van der Waals surface area contributed by atoms with E-state index in [2.05, 4.69) is 49.2 Å². The lowest BCUT2D eigenvalue weighted by Gasteiger charge is -2.32. The maximum atomic E-state index is 12.4. The molecule has 2 aromatic rings. The number of fused-ring (bicyclic) bond motifs is 1. The van der Waals surface area contributed by atoms with E-state index in [1.165, 1.54) is 4.70 Å². The molecule has 0 bridgehead atoms. The Kier molecular flexibility index (Phi) is 4.85. The van der Waals surface area contributed by atoms with Gasteiger partial charge in [0.2, 0.25) is 5.91 Å². The Hall–Kier alpha value is -1.62. The minimum absolute atomic E-state index is 0.141.